The Morgan fingerprint density at radius 3 is 1.26 bits per heavy atom. The van der Waals surface area contributed by atoms with Gasteiger partial charge in [-0.3, -0.25) is 0 Å². The number of nitrogens with zero attached hydrogens (tertiary/aromatic N) is 14. The molecule has 15 rings (SSSR count). The number of amides is 2. The number of halogens is 5. The van der Waals surface area contributed by atoms with Gasteiger partial charge in [-0.1, -0.05) is 18.2 Å². The standard InChI is InChI=1S/C33H39F2N7O2.C28H31F2N7.C17H27N3O2.C6H7BrN2/c1-19-21(15-20-10-13-41(14-11-20)31(43)44-32(2,3)4)7-8-26(37-19)38-30-36-18-24(35)28(40-30)22-16-23(34)29-25(17-22)42-27(39-29)9-12-33(42,5)6;1-16-18(12-17-7-10-31-11-8-17)4-5-23(33-16)34-27-32-15-21(30)25(36-27)19-13-20(29)26-22(14-19)37-24(35-26)6-9-28(37,2)3;1-12-14(5-6-15(18)19-12)11-13-7-9-20(10-8-13)16(21)22-17(2,3)4;1-4-5(7)2-3-6(8)9-4/h7-8,16-18,20H,9-15H2,1-6H3,(H,36,37,38,40);4-5,13-15,17,31H,6-12H2,1-3H3,(H,32,33,34,36);5-6,13H,7-11H2,1-4H3,(H2,18,19);2-3H,1H3,(H2,8,9). The molecular weight excluding hydrogens is 1490 g/mol. The molecule has 2 amide bonds. The Kier molecular flexibility index (Phi) is 24.6. The molecule has 7 N–H and O–H groups in total. The summed E-state index contributed by atoms with van der Waals surface area (Å²) in [5.41, 5.74) is 19.7. The SMILES string of the molecule is Cc1nc(N)ccc1Br.Cc1nc(N)ccc1CC1CCN(C(=O)OC(C)(C)C)CC1.Cc1nc(Nc2ncc(F)c(-c3cc(F)c4nc5n(c4c3)C(C)(C)CC5)n2)ccc1CC1CCN(C(=O)OC(C)(C)C)CC1.Cc1nc(Nc2ncc(F)c(-c3cc(F)c4nc5n(c4c3)C(C)(C)CC5)n2)ccc1CC1CCNCC1. The number of imidazole rings is 2. The second-order valence-electron chi connectivity index (χ2n) is 33.3. The first-order chi connectivity index (χ1) is 53.0. The number of fused-ring (bicyclic) bond motifs is 6. The van der Waals surface area contributed by atoms with E-state index < -0.39 is 34.5 Å². The number of hydrogen-bond donors (Lipinski definition) is 5. The number of anilines is 6. The van der Waals surface area contributed by atoms with Crippen LogP contribution in [0.15, 0.2) is 89.7 Å². The average molecular weight is 1600 g/mol. The van der Waals surface area contributed by atoms with Crippen LogP contribution in [0.1, 0.15) is 172 Å². The Morgan fingerprint density at radius 2 is 0.884 bits per heavy atom. The molecule has 10 aromatic rings. The van der Waals surface area contributed by atoms with E-state index in [4.69, 9.17) is 30.9 Å². The third-order valence-corrected chi connectivity index (χ3v) is 22.2. The number of rotatable bonds is 12. The first-order valence-electron chi connectivity index (χ1n) is 38.7. The van der Waals surface area contributed by atoms with Gasteiger partial charge in [0.25, 0.3) is 0 Å². The molecule has 5 aliphatic rings. The van der Waals surface area contributed by atoms with Crippen LogP contribution in [0.2, 0.25) is 0 Å². The molecule has 3 saturated heterocycles. The number of aromatic nitrogens is 12. The van der Waals surface area contributed by atoms with E-state index in [0.29, 0.717) is 81.8 Å². The third kappa shape index (κ3) is 19.9. The van der Waals surface area contributed by atoms with Gasteiger partial charge in [-0.15, -0.1) is 0 Å². The summed E-state index contributed by atoms with van der Waals surface area (Å²) in [5.74, 6) is 3.74. The number of benzene rings is 2. The minimum absolute atomic E-state index is 0.000666. The second kappa shape index (κ2) is 33.8. The van der Waals surface area contributed by atoms with Crippen molar-refractivity contribution in [1.82, 2.24) is 74.1 Å². The van der Waals surface area contributed by atoms with Gasteiger partial charge >= 0.3 is 12.2 Å². The van der Waals surface area contributed by atoms with Crippen LogP contribution in [-0.2, 0) is 52.7 Å². The molecule has 0 unspecified atom stereocenters. The van der Waals surface area contributed by atoms with Crippen LogP contribution in [0.3, 0.4) is 0 Å². The number of aryl methyl sites for hydroxylation is 6. The summed E-state index contributed by atoms with van der Waals surface area (Å²) >= 11 is 3.31. The summed E-state index contributed by atoms with van der Waals surface area (Å²) in [4.78, 5) is 71.8. The van der Waals surface area contributed by atoms with Crippen molar-refractivity contribution in [2.45, 2.75) is 203 Å². The van der Waals surface area contributed by atoms with Crippen molar-refractivity contribution in [2.75, 3.05) is 61.4 Å². The summed E-state index contributed by atoms with van der Waals surface area (Å²) < 4.78 is 76.2. The van der Waals surface area contributed by atoms with Crippen molar-refractivity contribution in [2.24, 2.45) is 17.8 Å². The fourth-order valence-corrected chi connectivity index (χ4v) is 15.5. The average Bonchev–Trinajstić information content (AvgIpc) is 1.59. The number of carbonyl (C=O) groups excluding carboxylic acids is 2. The lowest BCUT2D eigenvalue weighted by Gasteiger charge is -2.33. The van der Waals surface area contributed by atoms with Crippen LogP contribution >= 0.6 is 15.9 Å². The largest absolute Gasteiger partial charge is 0.444 e. The molecular formula is C84H104BrF4N19O4. The lowest BCUT2D eigenvalue weighted by molar-refractivity contribution is 0.0173. The van der Waals surface area contributed by atoms with Crippen molar-refractivity contribution in [3.8, 4) is 22.5 Å². The maximum absolute atomic E-state index is 15.2. The zero-order valence-electron chi connectivity index (χ0n) is 66.7. The first-order valence-corrected chi connectivity index (χ1v) is 39.5. The normalized spacial score (nSPS) is 16.3. The van der Waals surface area contributed by atoms with Crippen molar-refractivity contribution in [3.63, 3.8) is 0 Å². The smallest absolute Gasteiger partial charge is 0.410 e. The van der Waals surface area contributed by atoms with E-state index in [9.17, 15) is 14.0 Å². The molecule has 5 aliphatic heterocycles. The van der Waals surface area contributed by atoms with Crippen molar-refractivity contribution >= 4 is 85.4 Å². The van der Waals surface area contributed by atoms with Crippen LogP contribution in [0, 0.1) is 68.7 Å². The lowest BCUT2D eigenvalue weighted by atomic mass is 9.90. The number of carbonyl (C=O) groups is 2. The number of nitrogens with one attached hydrogen (secondary N) is 3. The molecule has 0 saturated carbocycles. The Hall–Kier alpha value is -9.96. The Labute approximate surface area is 660 Å². The van der Waals surface area contributed by atoms with Gasteiger partial charge in [0.2, 0.25) is 11.9 Å². The number of nitrogen functional groups attached to an aromatic ring is 2. The highest BCUT2D eigenvalue weighted by Gasteiger charge is 2.36. The van der Waals surface area contributed by atoms with Crippen LogP contribution in [0.4, 0.5) is 62.3 Å². The summed E-state index contributed by atoms with van der Waals surface area (Å²) in [7, 11) is 0. The zero-order chi connectivity index (χ0) is 80.3. The highest BCUT2D eigenvalue weighted by molar-refractivity contribution is 9.10. The minimum Gasteiger partial charge on any atom is -0.444 e. The maximum atomic E-state index is 15.2. The van der Waals surface area contributed by atoms with Gasteiger partial charge in [0.15, 0.2) is 23.3 Å². The van der Waals surface area contributed by atoms with Gasteiger partial charge in [0.05, 0.1) is 29.1 Å². The monoisotopic (exact) mass is 1600 g/mol. The van der Waals surface area contributed by atoms with Gasteiger partial charge in [0.1, 0.15) is 68.5 Å². The summed E-state index contributed by atoms with van der Waals surface area (Å²) in [5, 5.41) is 9.58. The molecule has 2 aromatic carbocycles. The number of hydrogen-bond acceptors (Lipinski definition) is 19. The first kappa shape index (κ1) is 81.5. The second-order valence-corrected chi connectivity index (χ2v) is 34.2. The highest BCUT2D eigenvalue weighted by Crippen LogP contribution is 2.41. The van der Waals surface area contributed by atoms with E-state index in [-0.39, 0.29) is 52.1 Å². The molecule has 3 fully saturated rings. The zero-order valence-corrected chi connectivity index (χ0v) is 68.3. The van der Waals surface area contributed by atoms with E-state index in [1.54, 1.807) is 23.1 Å². The fourth-order valence-electron chi connectivity index (χ4n) is 15.3. The van der Waals surface area contributed by atoms with E-state index in [0.717, 1.165) is 154 Å². The molecule has 0 atom stereocenters. The number of piperidine rings is 3. The predicted molar refractivity (Wildman–Crippen MR) is 433 cm³/mol. The van der Waals surface area contributed by atoms with Gasteiger partial charge in [0, 0.05) is 82.8 Å². The summed E-state index contributed by atoms with van der Waals surface area (Å²) in [6, 6.07) is 21.6. The van der Waals surface area contributed by atoms with E-state index in [2.05, 4.69) is 116 Å². The third-order valence-electron chi connectivity index (χ3n) is 21.4. The Balaban J connectivity index is 0.000000154. The highest BCUT2D eigenvalue weighted by atomic mass is 79.9. The maximum Gasteiger partial charge on any atom is 0.410 e. The van der Waals surface area contributed by atoms with Gasteiger partial charge in [-0.05, 0) is 286 Å². The summed E-state index contributed by atoms with van der Waals surface area (Å²) in [6.45, 7) is 32.6. The number of likely N-dealkylation sites (tertiary alicyclic amines) is 2. The van der Waals surface area contributed by atoms with Gasteiger partial charge in [-0.2, -0.15) is 0 Å². The number of ether oxygens (including phenoxy) is 2. The molecule has 0 spiro atoms. The number of nitrogens with two attached hydrogens (primary N) is 2. The van der Waals surface area contributed by atoms with Crippen LogP contribution in [-0.4, -0.2) is 131 Å². The molecule has 0 radical (unpaired) electrons. The van der Waals surface area contributed by atoms with Crippen molar-refractivity contribution < 1.29 is 36.6 Å². The lowest BCUT2D eigenvalue weighted by Crippen LogP contribution is -2.42. The van der Waals surface area contributed by atoms with Gasteiger partial charge < -0.3 is 55.8 Å². The van der Waals surface area contributed by atoms with Crippen molar-refractivity contribution in [1.29, 1.82) is 0 Å². The molecule has 8 aromatic heterocycles. The molecule has 13 heterocycles. The molecule has 0 bridgehead atoms. The minimum atomic E-state index is -0.646. The van der Waals surface area contributed by atoms with E-state index in [1.165, 1.54) is 36.1 Å². The quantitative estimate of drug-likeness (QED) is 0.0710. The topological polar surface area (TPSA) is 286 Å². The molecule has 112 heavy (non-hydrogen) atoms. The molecule has 0 aliphatic carbocycles. The van der Waals surface area contributed by atoms with E-state index in [1.807, 2.05) is 109 Å². The predicted octanol–water partition coefficient (Wildman–Crippen LogP) is 17.4. The molecule has 594 valence electrons. The van der Waals surface area contributed by atoms with Crippen LogP contribution < -0.4 is 27.4 Å². The molecule has 28 heteroatoms. The van der Waals surface area contributed by atoms with Crippen molar-refractivity contribution in [3.05, 3.63) is 164 Å². The van der Waals surface area contributed by atoms with E-state index >= 15 is 13.2 Å². The van der Waals surface area contributed by atoms with Crippen LogP contribution in [0.25, 0.3) is 44.6 Å². The Morgan fingerprint density at radius 1 is 0.509 bits per heavy atom. The number of pyridine rings is 4. The fraction of sp³-hybridized carbons (Fsp3) is 0.476. The Bertz CT molecular complexity index is 5090. The molecule has 23 nitrogen and oxygen atoms in total. The van der Waals surface area contributed by atoms with Crippen LogP contribution in [0.5, 0.6) is 0 Å². The summed E-state index contributed by atoms with van der Waals surface area (Å²) in [6.07, 6.45) is 14.2. The van der Waals surface area contributed by atoms with Gasteiger partial charge in [-0.25, -0.2) is 77.0 Å².